The van der Waals surface area contributed by atoms with Crippen LogP contribution in [-0.2, 0) is 4.74 Å². The number of thioether (sulfide) groups is 1. The van der Waals surface area contributed by atoms with Crippen molar-refractivity contribution in [2.75, 3.05) is 6.61 Å². The number of rotatable bonds is 2. The molecule has 1 aliphatic rings. The summed E-state index contributed by atoms with van der Waals surface area (Å²) in [7, 11) is 0. The maximum atomic E-state index is 11.9. The molecule has 0 amide bonds. The standard InChI is InChI=1S/C13H13N3O2S/c1-3-18-13(17)11-12-8(2)19-10-7-5-4-6-9(10)16(12)15-14-11/h4-8H,3H2,1-2H3. The van der Waals surface area contributed by atoms with E-state index in [-0.39, 0.29) is 5.25 Å². The van der Waals surface area contributed by atoms with Gasteiger partial charge >= 0.3 is 5.97 Å². The third-order valence-electron chi connectivity index (χ3n) is 2.96. The summed E-state index contributed by atoms with van der Waals surface area (Å²) in [6, 6.07) is 7.96. The largest absolute Gasteiger partial charge is 0.461 e. The van der Waals surface area contributed by atoms with Crippen molar-refractivity contribution in [3.05, 3.63) is 35.7 Å². The van der Waals surface area contributed by atoms with E-state index >= 15 is 0 Å². The van der Waals surface area contributed by atoms with E-state index in [2.05, 4.69) is 10.3 Å². The lowest BCUT2D eigenvalue weighted by molar-refractivity contribution is 0.0518. The molecule has 98 valence electrons. The van der Waals surface area contributed by atoms with Crippen LogP contribution in [0, 0.1) is 0 Å². The Balaban J connectivity index is 2.13. The molecule has 0 aliphatic carbocycles. The Kier molecular flexibility index (Phi) is 3.02. The molecule has 0 saturated carbocycles. The van der Waals surface area contributed by atoms with Crippen LogP contribution in [0.5, 0.6) is 0 Å². The molecule has 2 heterocycles. The van der Waals surface area contributed by atoms with Crippen LogP contribution in [0.15, 0.2) is 29.2 Å². The van der Waals surface area contributed by atoms with Crippen LogP contribution in [-0.4, -0.2) is 27.6 Å². The van der Waals surface area contributed by atoms with Gasteiger partial charge in [-0.1, -0.05) is 17.3 Å². The fourth-order valence-electron chi connectivity index (χ4n) is 2.15. The first-order valence-electron chi connectivity index (χ1n) is 6.11. The minimum Gasteiger partial charge on any atom is -0.461 e. The van der Waals surface area contributed by atoms with Crippen molar-refractivity contribution in [2.45, 2.75) is 24.0 Å². The van der Waals surface area contributed by atoms with E-state index in [9.17, 15) is 4.79 Å². The van der Waals surface area contributed by atoms with Gasteiger partial charge in [0, 0.05) is 4.90 Å². The maximum Gasteiger partial charge on any atom is 0.360 e. The van der Waals surface area contributed by atoms with Gasteiger partial charge < -0.3 is 4.74 Å². The van der Waals surface area contributed by atoms with Crippen molar-refractivity contribution in [1.29, 1.82) is 0 Å². The van der Waals surface area contributed by atoms with Crippen LogP contribution < -0.4 is 0 Å². The zero-order valence-electron chi connectivity index (χ0n) is 10.7. The molecule has 3 rings (SSSR count). The molecule has 0 bridgehead atoms. The third kappa shape index (κ3) is 1.92. The smallest absolute Gasteiger partial charge is 0.360 e. The van der Waals surface area contributed by atoms with E-state index < -0.39 is 5.97 Å². The van der Waals surface area contributed by atoms with Crippen molar-refractivity contribution in [1.82, 2.24) is 15.0 Å². The molecule has 0 spiro atoms. The zero-order valence-corrected chi connectivity index (χ0v) is 11.5. The van der Waals surface area contributed by atoms with Gasteiger partial charge in [-0.25, -0.2) is 9.48 Å². The number of nitrogens with zero attached hydrogens (tertiary/aromatic N) is 3. The molecule has 1 aromatic heterocycles. The fraction of sp³-hybridized carbons (Fsp3) is 0.308. The number of esters is 1. The van der Waals surface area contributed by atoms with E-state index in [1.807, 2.05) is 31.2 Å². The number of hydrogen-bond donors (Lipinski definition) is 0. The van der Waals surface area contributed by atoms with Gasteiger partial charge in [0.15, 0.2) is 5.69 Å². The average Bonchev–Trinajstić information content (AvgIpc) is 2.85. The summed E-state index contributed by atoms with van der Waals surface area (Å²) in [5.74, 6) is -0.407. The topological polar surface area (TPSA) is 57.0 Å². The Morgan fingerprint density at radius 2 is 2.26 bits per heavy atom. The number of ether oxygens (including phenoxy) is 1. The lowest BCUT2D eigenvalue weighted by atomic mass is 10.2. The summed E-state index contributed by atoms with van der Waals surface area (Å²) in [5, 5.41) is 8.21. The molecule has 0 fully saturated rings. The molecule has 19 heavy (non-hydrogen) atoms. The number of aromatic nitrogens is 3. The lowest BCUT2D eigenvalue weighted by Crippen LogP contribution is -2.14. The Morgan fingerprint density at radius 3 is 3.05 bits per heavy atom. The van der Waals surface area contributed by atoms with Gasteiger partial charge in [0.1, 0.15) is 0 Å². The molecule has 6 heteroatoms. The molecule has 0 N–H and O–H groups in total. The highest BCUT2D eigenvalue weighted by atomic mass is 32.2. The number of fused-ring (bicyclic) bond motifs is 3. The summed E-state index contributed by atoms with van der Waals surface area (Å²) in [6.45, 7) is 4.16. The quantitative estimate of drug-likeness (QED) is 0.788. The molecule has 0 radical (unpaired) electrons. The van der Waals surface area contributed by atoms with E-state index in [0.717, 1.165) is 16.3 Å². The predicted octanol–water partition coefficient (Wildman–Crippen LogP) is 2.61. The van der Waals surface area contributed by atoms with Gasteiger partial charge in [-0.3, -0.25) is 0 Å². The zero-order chi connectivity index (χ0) is 13.4. The highest BCUT2D eigenvalue weighted by Crippen LogP contribution is 2.43. The fourth-order valence-corrected chi connectivity index (χ4v) is 3.29. The van der Waals surface area contributed by atoms with Gasteiger partial charge in [-0.05, 0) is 26.0 Å². The molecule has 1 unspecified atom stereocenters. The van der Waals surface area contributed by atoms with Gasteiger partial charge in [-0.2, -0.15) is 0 Å². The summed E-state index contributed by atoms with van der Waals surface area (Å²) in [4.78, 5) is 13.0. The molecule has 0 saturated heterocycles. The minimum absolute atomic E-state index is 0.115. The molecule has 1 aliphatic heterocycles. The molecule has 1 atom stereocenters. The average molecular weight is 275 g/mol. The lowest BCUT2D eigenvalue weighted by Gasteiger charge is -2.22. The molecular weight excluding hydrogens is 262 g/mol. The minimum atomic E-state index is -0.407. The van der Waals surface area contributed by atoms with Crippen LogP contribution in [0.2, 0.25) is 0 Å². The van der Waals surface area contributed by atoms with E-state index in [1.54, 1.807) is 23.4 Å². The van der Waals surface area contributed by atoms with Gasteiger partial charge in [0.05, 0.1) is 23.2 Å². The Hall–Kier alpha value is -1.82. The number of carbonyl (C=O) groups excluding carboxylic acids is 1. The normalized spacial score (nSPS) is 16.6. The van der Waals surface area contributed by atoms with Crippen LogP contribution in [0.3, 0.4) is 0 Å². The first-order valence-corrected chi connectivity index (χ1v) is 6.99. The second-order valence-corrected chi connectivity index (χ2v) is 5.57. The SMILES string of the molecule is CCOC(=O)c1nnn2c1C(C)Sc1ccccc1-2. The monoisotopic (exact) mass is 275 g/mol. The first kappa shape index (κ1) is 12.2. The summed E-state index contributed by atoms with van der Waals surface area (Å²) in [6.07, 6.45) is 0. The second-order valence-electron chi connectivity index (χ2n) is 4.18. The summed E-state index contributed by atoms with van der Waals surface area (Å²) < 4.78 is 6.76. The highest BCUT2D eigenvalue weighted by molar-refractivity contribution is 7.99. The van der Waals surface area contributed by atoms with E-state index in [0.29, 0.717) is 12.3 Å². The Labute approximate surface area is 115 Å². The summed E-state index contributed by atoms with van der Waals surface area (Å²) in [5.41, 5.74) is 2.09. The number of benzene rings is 1. The van der Waals surface area contributed by atoms with Gasteiger partial charge in [0.2, 0.25) is 0 Å². The number of para-hydroxylation sites is 1. The highest BCUT2D eigenvalue weighted by Gasteiger charge is 2.30. The predicted molar refractivity (Wildman–Crippen MR) is 71.6 cm³/mol. The van der Waals surface area contributed by atoms with Gasteiger partial charge in [-0.15, -0.1) is 16.9 Å². The van der Waals surface area contributed by atoms with Crippen molar-refractivity contribution < 1.29 is 9.53 Å². The second kappa shape index (κ2) is 4.70. The van der Waals surface area contributed by atoms with Crippen molar-refractivity contribution >= 4 is 17.7 Å². The van der Waals surface area contributed by atoms with Crippen molar-refractivity contribution in [3.8, 4) is 5.69 Å². The van der Waals surface area contributed by atoms with Crippen molar-refractivity contribution in [2.24, 2.45) is 0 Å². The van der Waals surface area contributed by atoms with Crippen molar-refractivity contribution in [3.63, 3.8) is 0 Å². The van der Waals surface area contributed by atoms with Crippen LogP contribution in [0.4, 0.5) is 0 Å². The molecular formula is C13H13N3O2S. The van der Waals surface area contributed by atoms with E-state index in [1.165, 1.54) is 0 Å². The third-order valence-corrected chi connectivity index (χ3v) is 4.13. The van der Waals surface area contributed by atoms with E-state index in [4.69, 9.17) is 4.74 Å². The van der Waals surface area contributed by atoms with Crippen LogP contribution in [0.1, 0.15) is 35.3 Å². The molecule has 2 aromatic rings. The van der Waals surface area contributed by atoms with Crippen LogP contribution in [0.25, 0.3) is 5.69 Å². The molecule has 1 aromatic carbocycles. The first-order chi connectivity index (χ1) is 9.22. The Morgan fingerprint density at radius 1 is 1.47 bits per heavy atom. The Bertz CT molecular complexity index is 639. The number of carbonyl (C=O) groups is 1. The summed E-state index contributed by atoms with van der Waals surface area (Å²) >= 11 is 1.70. The molecule has 5 nitrogen and oxygen atoms in total. The maximum absolute atomic E-state index is 11.9. The number of hydrogen-bond acceptors (Lipinski definition) is 5. The van der Waals surface area contributed by atoms with Crippen LogP contribution >= 0.6 is 11.8 Å². The van der Waals surface area contributed by atoms with Gasteiger partial charge in [0.25, 0.3) is 0 Å².